The van der Waals surface area contributed by atoms with E-state index in [2.05, 4.69) is 50.4 Å². The summed E-state index contributed by atoms with van der Waals surface area (Å²) in [4.78, 5) is 0. The Morgan fingerprint density at radius 1 is 1.05 bits per heavy atom. The Morgan fingerprint density at radius 3 is 2.26 bits per heavy atom. The third-order valence-corrected chi connectivity index (χ3v) is 4.80. The van der Waals surface area contributed by atoms with Gasteiger partial charge < -0.3 is 5.32 Å². The van der Waals surface area contributed by atoms with Gasteiger partial charge in [-0.05, 0) is 55.1 Å². The highest BCUT2D eigenvalue weighted by Gasteiger charge is 2.22. The Balaban J connectivity index is 1.80. The molecule has 0 saturated heterocycles. The summed E-state index contributed by atoms with van der Waals surface area (Å²) in [6, 6.07) is 9.57. The zero-order chi connectivity index (χ0) is 13.7. The van der Waals surface area contributed by atoms with Gasteiger partial charge >= 0.3 is 0 Å². The van der Waals surface area contributed by atoms with E-state index in [1.165, 1.54) is 36.8 Å². The van der Waals surface area contributed by atoms with Crippen molar-refractivity contribution in [1.82, 2.24) is 5.32 Å². The molecular weight excluding hydrogens is 230 g/mol. The molecule has 0 aliphatic heterocycles. The zero-order valence-corrected chi connectivity index (χ0v) is 12.8. The van der Waals surface area contributed by atoms with Crippen molar-refractivity contribution in [2.75, 3.05) is 0 Å². The van der Waals surface area contributed by atoms with Crippen LogP contribution in [-0.2, 0) is 13.0 Å². The second-order valence-corrected chi connectivity index (χ2v) is 6.36. The summed E-state index contributed by atoms with van der Waals surface area (Å²) >= 11 is 0. The minimum atomic E-state index is 0.736. The smallest absolute Gasteiger partial charge is 0.0210 e. The third-order valence-electron chi connectivity index (χ3n) is 4.80. The van der Waals surface area contributed by atoms with Crippen LogP contribution in [0.4, 0.5) is 0 Å². The molecule has 0 heterocycles. The van der Waals surface area contributed by atoms with Gasteiger partial charge in [0.25, 0.3) is 0 Å². The van der Waals surface area contributed by atoms with Crippen LogP contribution < -0.4 is 5.32 Å². The summed E-state index contributed by atoms with van der Waals surface area (Å²) in [6.45, 7) is 8.03. The summed E-state index contributed by atoms with van der Waals surface area (Å²) < 4.78 is 0. The van der Waals surface area contributed by atoms with Gasteiger partial charge in [0.1, 0.15) is 0 Å². The largest absolute Gasteiger partial charge is 0.310 e. The fourth-order valence-electron chi connectivity index (χ4n) is 3.32. The van der Waals surface area contributed by atoms with Gasteiger partial charge in [-0.1, -0.05) is 45.0 Å². The van der Waals surface area contributed by atoms with Crippen molar-refractivity contribution < 1.29 is 0 Å². The van der Waals surface area contributed by atoms with E-state index >= 15 is 0 Å². The van der Waals surface area contributed by atoms with Crippen molar-refractivity contribution >= 4 is 0 Å². The van der Waals surface area contributed by atoms with Crippen molar-refractivity contribution in [3.63, 3.8) is 0 Å². The molecule has 0 unspecified atom stereocenters. The van der Waals surface area contributed by atoms with Gasteiger partial charge in [0.15, 0.2) is 0 Å². The molecule has 0 amide bonds. The van der Waals surface area contributed by atoms with E-state index in [-0.39, 0.29) is 0 Å². The van der Waals surface area contributed by atoms with Crippen LogP contribution in [-0.4, -0.2) is 6.04 Å². The second kappa shape index (κ2) is 7.09. The van der Waals surface area contributed by atoms with Crippen molar-refractivity contribution in [1.29, 1.82) is 0 Å². The molecule has 19 heavy (non-hydrogen) atoms. The molecule has 0 bridgehead atoms. The van der Waals surface area contributed by atoms with E-state index < -0.39 is 0 Å². The quantitative estimate of drug-likeness (QED) is 0.817. The van der Waals surface area contributed by atoms with Gasteiger partial charge in [-0.25, -0.2) is 0 Å². The van der Waals surface area contributed by atoms with Crippen LogP contribution in [0, 0.1) is 11.8 Å². The predicted octanol–water partition coefficient (Wildman–Crippen LogP) is 4.55. The lowest BCUT2D eigenvalue weighted by molar-refractivity contribution is 0.238. The first-order valence-corrected chi connectivity index (χ1v) is 8.00. The van der Waals surface area contributed by atoms with Gasteiger partial charge in [0.05, 0.1) is 0 Å². The fourth-order valence-corrected chi connectivity index (χ4v) is 3.32. The molecular formula is C18H29N. The van der Waals surface area contributed by atoms with E-state index in [9.17, 15) is 0 Å². The van der Waals surface area contributed by atoms with Crippen LogP contribution in [0.3, 0.4) is 0 Å². The van der Waals surface area contributed by atoms with Gasteiger partial charge in [0.2, 0.25) is 0 Å². The highest BCUT2D eigenvalue weighted by atomic mass is 14.9. The maximum absolute atomic E-state index is 3.77. The molecule has 1 aromatic carbocycles. The zero-order valence-electron chi connectivity index (χ0n) is 12.8. The van der Waals surface area contributed by atoms with Crippen molar-refractivity contribution in [2.45, 2.75) is 65.5 Å². The maximum atomic E-state index is 3.77. The SMILES string of the molecule is CCc1ccccc1CNC1CCC(C(C)C)CC1. The summed E-state index contributed by atoms with van der Waals surface area (Å²) in [5.41, 5.74) is 2.97. The number of hydrogen-bond acceptors (Lipinski definition) is 1. The normalized spacial score (nSPS) is 23.8. The average molecular weight is 259 g/mol. The number of rotatable bonds is 5. The van der Waals surface area contributed by atoms with E-state index in [0.29, 0.717) is 0 Å². The Labute approximate surface area is 118 Å². The molecule has 1 aliphatic carbocycles. The summed E-state index contributed by atoms with van der Waals surface area (Å²) in [7, 11) is 0. The van der Waals surface area contributed by atoms with Gasteiger partial charge in [0, 0.05) is 12.6 Å². The molecule has 2 rings (SSSR count). The van der Waals surface area contributed by atoms with Crippen molar-refractivity contribution in [3.05, 3.63) is 35.4 Å². The topological polar surface area (TPSA) is 12.0 Å². The Kier molecular flexibility index (Phi) is 5.45. The first-order valence-electron chi connectivity index (χ1n) is 8.00. The molecule has 1 saturated carbocycles. The van der Waals surface area contributed by atoms with Gasteiger partial charge in [-0.3, -0.25) is 0 Å². The lowest BCUT2D eigenvalue weighted by atomic mass is 9.79. The number of aryl methyl sites for hydroxylation is 1. The molecule has 1 nitrogen and oxygen atoms in total. The first kappa shape index (κ1) is 14.6. The average Bonchev–Trinajstić information content (AvgIpc) is 2.45. The van der Waals surface area contributed by atoms with E-state index in [4.69, 9.17) is 0 Å². The standard InChI is InChI=1S/C18H29N/c1-4-15-7-5-6-8-17(15)13-19-18-11-9-16(10-12-18)14(2)3/h5-8,14,16,18-19H,4,9-13H2,1-3H3. The van der Waals surface area contributed by atoms with Crippen molar-refractivity contribution in [2.24, 2.45) is 11.8 Å². The third kappa shape index (κ3) is 4.07. The summed E-state index contributed by atoms with van der Waals surface area (Å²) in [6.07, 6.45) is 6.67. The summed E-state index contributed by atoms with van der Waals surface area (Å²) in [5, 5.41) is 3.77. The number of benzene rings is 1. The molecule has 1 aliphatic rings. The predicted molar refractivity (Wildman–Crippen MR) is 83.2 cm³/mol. The van der Waals surface area contributed by atoms with Crippen LogP contribution in [0.25, 0.3) is 0 Å². The van der Waals surface area contributed by atoms with Crippen LogP contribution >= 0.6 is 0 Å². The Bertz CT molecular complexity index is 375. The molecule has 0 radical (unpaired) electrons. The minimum Gasteiger partial charge on any atom is -0.310 e. The Hall–Kier alpha value is -0.820. The van der Waals surface area contributed by atoms with Crippen LogP contribution in [0.5, 0.6) is 0 Å². The molecule has 106 valence electrons. The molecule has 0 atom stereocenters. The molecule has 1 N–H and O–H groups in total. The minimum absolute atomic E-state index is 0.736. The molecule has 1 heteroatoms. The molecule has 1 aromatic rings. The monoisotopic (exact) mass is 259 g/mol. The molecule has 1 fully saturated rings. The first-order chi connectivity index (χ1) is 9.20. The maximum Gasteiger partial charge on any atom is 0.0210 e. The van der Waals surface area contributed by atoms with Crippen LogP contribution in [0.15, 0.2) is 24.3 Å². The van der Waals surface area contributed by atoms with E-state index in [1.54, 1.807) is 0 Å². The van der Waals surface area contributed by atoms with Gasteiger partial charge in [-0.2, -0.15) is 0 Å². The second-order valence-electron chi connectivity index (χ2n) is 6.36. The lowest BCUT2D eigenvalue weighted by Gasteiger charge is -2.31. The van der Waals surface area contributed by atoms with Crippen LogP contribution in [0.1, 0.15) is 57.6 Å². The lowest BCUT2D eigenvalue weighted by Crippen LogP contribution is -2.34. The molecule has 0 spiro atoms. The molecule has 0 aromatic heterocycles. The van der Waals surface area contributed by atoms with E-state index in [0.717, 1.165) is 30.8 Å². The van der Waals surface area contributed by atoms with Gasteiger partial charge in [-0.15, -0.1) is 0 Å². The Morgan fingerprint density at radius 2 is 1.68 bits per heavy atom. The van der Waals surface area contributed by atoms with Crippen molar-refractivity contribution in [3.8, 4) is 0 Å². The summed E-state index contributed by atoms with van der Waals surface area (Å²) in [5.74, 6) is 1.82. The van der Waals surface area contributed by atoms with Crippen LogP contribution in [0.2, 0.25) is 0 Å². The fraction of sp³-hybridized carbons (Fsp3) is 0.667. The number of hydrogen-bond donors (Lipinski definition) is 1. The highest BCUT2D eigenvalue weighted by Crippen LogP contribution is 2.30. The number of nitrogens with one attached hydrogen (secondary N) is 1. The highest BCUT2D eigenvalue weighted by molar-refractivity contribution is 5.26. The van der Waals surface area contributed by atoms with E-state index in [1.807, 2.05) is 0 Å².